The fraction of sp³-hybridized carbons (Fsp3) is 0.200. The van der Waals surface area contributed by atoms with Crippen molar-refractivity contribution in [2.24, 2.45) is 0 Å². The summed E-state index contributed by atoms with van der Waals surface area (Å²) in [5.41, 5.74) is 7.08. The van der Waals surface area contributed by atoms with Crippen LogP contribution in [0.2, 0.25) is 0 Å². The van der Waals surface area contributed by atoms with E-state index in [1.54, 1.807) is 16.8 Å². The Balaban J connectivity index is 0.00000144. The van der Waals surface area contributed by atoms with Gasteiger partial charge in [0.15, 0.2) is 5.75 Å². The lowest BCUT2D eigenvalue weighted by molar-refractivity contribution is 0.0597. The Morgan fingerprint density at radius 2 is 2.18 bits per heavy atom. The molecule has 0 aliphatic rings. The predicted octanol–water partition coefficient (Wildman–Crippen LogP) is 1.13. The summed E-state index contributed by atoms with van der Waals surface area (Å²) < 4.78 is 11.4. The maximum Gasteiger partial charge on any atom is 0.341 e. The fourth-order valence-corrected chi connectivity index (χ4v) is 1.55. The second kappa shape index (κ2) is 4.92. The second-order valence-electron chi connectivity index (χ2n) is 3.15. The fourth-order valence-electron chi connectivity index (χ4n) is 1.55. The average molecular weight is 258 g/mol. The van der Waals surface area contributed by atoms with Gasteiger partial charge in [0.25, 0.3) is 0 Å². The summed E-state index contributed by atoms with van der Waals surface area (Å²) in [7, 11) is 2.78. The SMILES string of the molecule is COC(=O)c1ccn2ncc(N)c2c1OC.Cl. The highest BCUT2D eigenvalue weighted by atomic mass is 35.5. The molecule has 0 saturated carbocycles. The number of carbonyl (C=O) groups is 1. The van der Waals surface area contributed by atoms with Crippen molar-refractivity contribution in [3.05, 3.63) is 24.0 Å². The molecule has 0 bridgehead atoms. The Hall–Kier alpha value is -1.95. The van der Waals surface area contributed by atoms with Gasteiger partial charge < -0.3 is 15.2 Å². The largest absolute Gasteiger partial charge is 0.493 e. The molecule has 0 atom stereocenters. The maximum atomic E-state index is 11.5. The van der Waals surface area contributed by atoms with Crippen molar-refractivity contribution in [1.82, 2.24) is 9.61 Å². The van der Waals surface area contributed by atoms with E-state index < -0.39 is 5.97 Å². The molecule has 0 fully saturated rings. The number of carbonyl (C=O) groups excluding carboxylic acids is 1. The minimum atomic E-state index is -0.472. The Labute approximate surface area is 104 Å². The van der Waals surface area contributed by atoms with Crippen molar-refractivity contribution in [3.63, 3.8) is 0 Å². The lowest BCUT2D eigenvalue weighted by Crippen LogP contribution is -2.06. The number of ether oxygens (including phenoxy) is 2. The number of pyridine rings is 1. The van der Waals surface area contributed by atoms with Gasteiger partial charge in [-0.2, -0.15) is 5.10 Å². The summed E-state index contributed by atoms with van der Waals surface area (Å²) in [6, 6.07) is 1.57. The van der Waals surface area contributed by atoms with E-state index in [0.29, 0.717) is 22.5 Å². The molecular formula is C10H12ClN3O3. The van der Waals surface area contributed by atoms with Gasteiger partial charge in [-0.25, -0.2) is 9.31 Å². The van der Waals surface area contributed by atoms with Gasteiger partial charge in [-0.3, -0.25) is 0 Å². The van der Waals surface area contributed by atoms with Crippen LogP contribution < -0.4 is 10.5 Å². The van der Waals surface area contributed by atoms with Gasteiger partial charge >= 0.3 is 5.97 Å². The maximum absolute atomic E-state index is 11.5. The van der Waals surface area contributed by atoms with E-state index in [0.717, 1.165) is 0 Å². The molecular weight excluding hydrogens is 246 g/mol. The van der Waals surface area contributed by atoms with Crippen LogP contribution in [0.3, 0.4) is 0 Å². The number of nitrogens with two attached hydrogens (primary N) is 1. The minimum absolute atomic E-state index is 0. The van der Waals surface area contributed by atoms with Crippen molar-refractivity contribution in [2.45, 2.75) is 0 Å². The predicted molar refractivity (Wildman–Crippen MR) is 64.7 cm³/mol. The minimum Gasteiger partial charge on any atom is -0.493 e. The lowest BCUT2D eigenvalue weighted by atomic mass is 10.2. The molecule has 2 heterocycles. The van der Waals surface area contributed by atoms with Crippen molar-refractivity contribution < 1.29 is 14.3 Å². The summed E-state index contributed by atoms with van der Waals surface area (Å²) in [5, 5.41) is 4.01. The first-order valence-corrected chi connectivity index (χ1v) is 4.57. The molecule has 7 heteroatoms. The molecule has 6 nitrogen and oxygen atoms in total. The zero-order valence-electron chi connectivity index (χ0n) is 9.34. The summed E-state index contributed by atoms with van der Waals surface area (Å²) in [6.45, 7) is 0. The van der Waals surface area contributed by atoms with Crippen molar-refractivity contribution in [2.75, 3.05) is 20.0 Å². The van der Waals surface area contributed by atoms with Gasteiger partial charge in [0.2, 0.25) is 0 Å². The Morgan fingerprint density at radius 3 is 2.76 bits per heavy atom. The van der Waals surface area contributed by atoms with E-state index in [1.165, 1.54) is 20.4 Å². The van der Waals surface area contributed by atoms with Gasteiger partial charge in [0, 0.05) is 6.20 Å². The number of nitrogens with zero attached hydrogens (tertiary/aromatic N) is 2. The van der Waals surface area contributed by atoms with Crippen LogP contribution in [-0.2, 0) is 4.74 Å². The number of methoxy groups -OCH3 is 2. The van der Waals surface area contributed by atoms with E-state index in [-0.39, 0.29) is 12.4 Å². The van der Waals surface area contributed by atoms with Crippen LogP contribution in [0.15, 0.2) is 18.5 Å². The average Bonchev–Trinajstić information content (AvgIpc) is 2.69. The molecule has 0 aliphatic heterocycles. The number of nitrogen functional groups attached to an aromatic ring is 1. The first kappa shape index (κ1) is 13.1. The molecule has 92 valence electrons. The number of halogens is 1. The number of aromatic nitrogens is 2. The molecule has 0 aliphatic carbocycles. The summed E-state index contributed by atoms with van der Waals surface area (Å²) >= 11 is 0. The molecule has 0 radical (unpaired) electrons. The number of esters is 1. The molecule has 0 unspecified atom stereocenters. The molecule has 2 rings (SSSR count). The van der Waals surface area contributed by atoms with Crippen LogP contribution in [0.1, 0.15) is 10.4 Å². The smallest absolute Gasteiger partial charge is 0.341 e. The summed E-state index contributed by atoms with van der Waals surface area (Å²) in [6.07, 6.45) is 3.12. The number of rotatable bonds is 2. The number of hydrogen-bond donors (Lipinski definition) is 1. The van der Waals surface area contributed by atoms with E-state index in [2.05, 4.69) is 9.84 Å². The zero-order valence-corrected chi connectivity index (χ0v) is 10.2. The number of fused-ring (bicyclic) bond motifs is 1. The molecule has 0 amide bonds. The van der Waals surface area contributed by atoms with Gasteiger partial charge in [0.1, 0.15) is 11.1 Å². The van der Waals surface area contributed by atoms with Crippen LogP contribution in [-0.4, -0.2) is 29.8 Å². The van der Waals surface area contributed by atoms with Gasteiger partial charge in [-0.05, 0) is 6.07 Å². The lowest BCUT2D eigenvalue weighted by Gasteiger charge is -2.08. The Morgan fingerprint density at radius 1 is 1.47 bits per heavy atom. The standard InChI is InChI=1S/C10H11N3O3.ClH/c1-15-9-6(10(14)16-2)3-4-13-8(9)7(11)5-12-13;/h3-5H,11H2,1-2H3;1H. The molecule has 17 heavy (non-hydrogen) atoms. The Kier molecular flexibility index (Phi) is 3.80. The molecule has 2 aromatic heterocycles. The summed E-state index contributed by atoms with van der Waals surface area (Å²) in [5.74, 6) is -0.107. The summed E-state index contributed by atoms with van der Waals surface area (Å²) in [4.78, 5) is 11.5. The highest BCUT2D eigenvalue weighted by molar-refractivity contribution is 5.97. The van der Waals surface area contributed by atoms with Crippen LogP contribution in [0, 0.1) is 0 Å². The number of hydrogen-bond acceptors (Lipinski definition) is 5. The van der Waals surface area contributed by atoms with E-state index >= 15 is 0 Å². The quantitative estimate of drug-likeness (QED) is 0.816. The van der Waals surface area contributed by atoms with E-state index in [1.807, 2.05) is 0 Å². The normalized spacial score (nSPS) is 9.76. The van der Waals surface area contributed by atoms with Crippen LogP contribution in [0.25, 0.3) is 5.52 Å². The van der Waals surface area contributed by atoms with Crippen molar-refractivity contribution in [1.29, 1.82) is 0 Å². The third-order valence-electron chi connectivity index (χ3n) is 2.28. The highest BCUT2D eigenvalue weighted by Gasteiger charge is 2.18. The van der Waals surface area contributed by atoms with E-state index in [9.17, 15) is 4.79 Å². The monoisotopic (exact) mass is 257 g/mol. The first-order valence-electron chi connectivity index (χ1n) is 4.57. The Bertz CT molecular complexity index is 553. The molecule has 2 N–H and O–H groups in total. The van der Waals surface area contributed by atoms with Gasteiger partial charge in [-0.15, -0.1) is 12.4 Å². The molecule has 2 aromatic rings. The van der Waals surface area contributed by atoms with Crippen molar-refractivity contribution >= 4 is 29.6 Å². The molecule has 0 spiro atoms. The number of anilines is 1. The van der Waals surface area contributed by atoms with E-state index in [4.69, 9.17) is 10.5 Å². The van der Waals surface area contributed by atoms with Crippen LogP contribution in [0.4, 0.5) is 5.69 Å². The first-order chi connectivity index (χ1) is 7.69. The second-order valence-corrected chi connectivity index (χ2v) is 3.15. The van der Waals surface area contributed by atoms with Gasteiger partial charge in [0.05, 0.1) is 26.1 Å². The van der Waals surface area contributed by atoms with Gasteiger partial charge in [-0.1, -0.05) is 0 Å². The third-order valence-corrected chi connectivity index (χ3v) is 2.28. The molecule has 0 saturated heterocycles. The highest BCUT2D eigenvalue weighted by Crippen LogP contribution is 2.29. The molecule has 0 aromatic carbocycles. The van der Waals surface area contributed by atoms with Crippen LogP contribution >= 0.6 is 12.4 Å². The topological polar surface area (TPSA) is 78.9 Å². The van der Waals surface area contributed by atoms with Crippen molar-refractivity contribution in [3.8, 4) is 5.75 Å². The van der Waals surface area contributed by atoms with Crippen LogP contribution in [0.5, 0.6) is 5.75 Å². The third kappa shape index (κ3) is 1.99. The zero-order chi connectivity index (χ0) is 11.7.